The van der Waals surface area contributed by atoms with Gasteiger partial charge < -0.3 is 20.5 Å². The Morgan fingerprint density at radius 2 is 2.15 bits per heavy atom. The molecule has 27 heavy (non-hydrogen) atoms. The second-order valence-corrected chi connectivity index (χ2v) is 6.52. The molecule has 1 aromatic carbocycles. The van der Waals surface area contributed by atoms with Crippen molar-refractivity contribution in [2.45, 2.75) is 38.3 Å². The lowest BCUT2D eigenvalue weighted by molar-refractivity contribution is -0.0135. The third-order valence-electron chi connectivity index (χ3n) is 4.43. The average molecular weight is 372 g/mol. The monoisotopic (exact) mass is 372 g/mol. The van der Waals surface area contributed by atoms with Gasteiger partial charge in [-0.3, -0.25) is 14.7 Å². The van der Waals surface area contributed by atoms with Crippen LogP contribution in [0.2, 0.25) is 0 Å². The van der Waals surface area contributed by atoms with Gasteiger partial charge in [0.15, 0.2) is 0 Å². The zero-order chi connectivity index (χ0) is 19.2. The van der Waals surface area contributed by atoms with E-state index in [0.29, 0.717) is 36.6 Å². The summed E-state index contributed by atoms with van der Waals surface area (Å²) in [6.45, 7) is 2.98. The van der Waals surface area contributed by atoms with Crippen LogP contribution in [0.15, 0.2) is 30.3 Å². The first-order valence-corrected chi connectivity index (χ1v) is 9.06. The molecule has 1 fully saturated rings. The molecule has 2 aromatic rings. The molecule has 8 heteroatoms. The summed E-state index contributed by atoms with van der Waals surface area (Å²) >= 11 is 0. The molecule has 3 rings (SSSR count). The number of carbonyl (C=O) groups is 2. The minimum absolute atomic E-state index is 0.201. The molecular formula is C19H24N4O4. The van der Waals surface area contributed by atoms with Crippen molar-refractivity contribution in [1.82, 2.24) is 15.5 Å². The number of ether oxygens (including phenoxy) is 2. The topological polar surface area (TPSA) is 119 Å². The predicted molar refractivity (Wildman–Crippen MR) is 98.6 cm³/mol. The first kappa shape index (κ1) is 18.9. The molecule has 8 nitrogen and oxygen atoms in total. The van der Waals surface area contributed by atoms with Crippen LogP contribution < -0.4 is 15.8 Å². The summed E-state index contributed by atoms with van der Waals surface area (Å²) in [5, 5.41) is 9.96. The number of rotatable bonds is 7. The lowest BCUT2D eigenvalue weighted by atomic mass is 10.1. The molecule has 0 bridgehead atoms. The van der Waals surface area contributed by atoms with Crippen molar-refractivity contribution in [3.05, 3.63) is 47.3 Å². The van der Waals surface area contributed by atoms with Crippen LogP contribution in [0.3, 0.4) is 0 Å². The van der Waals surface area contributed by atoms with Crippen LogP contribution in [0.1, 0.15) is 46.3 Å². The van der Waals surface area contributed by atoms with E-state index in [-0.39, 0.29) is 18.1 Å². The van der Waals surface area contributed by atoms with Gasteiger partial charge in [0.1, 0.15) is 17.5 Å². The van der Waals surface area contributed by atoms with Crippen molar-refractivity contribution in [3.8, 4) is 5.75 Å². The molecule has 4 N–H and O–H groups in total. The Morgan fingerprint density at radius 3 is 2.85 bits per heavy atom. The fourth-order valence-corrected chi connectivity index (χ4v) is 2.98. The van der Waals surface area contributed by atoms with Crippen molar-refractivity contribution in [1.29, 1.82) is 0 Å². The smallest absolute Gasteiger partial charge is 0.272 e. The van der Waals surface area contributed by atoms with Crippen LogP contribution in [0, 0.1) is 0 Å². The highest BCUT2D eigenvalue weighted by molar-refractivity contribution is 5.93. The molecule has 144 valence electrons. The van der Waals surface area contributed by atoms with Crippen LogP contribution in [-0.4, -0.2) is 47.4 Å². The predicted octanol–water partition coefficient (Wildman–Crippen LogP) is 1.43. The van der Waals surface area contributed by atoms with Gasteiger partial charge in [0, 0.05) is 17.9 Å². The van der Waals surface area contributed by atoms with Crippen LogP contribution in [0.25, 0.3) is 0 Å². The fourth-order valence-electron chi connectivity index (χ4n) is 2.98. The highest BCUT2D eigenvalue weighted by Gasteiger charge is 2.30. The number of nitrogens with two attached hydrogens (primary N) is 1. The Morgan fingerprint density at radius 1 is 1.37 bits per heavy atom. The molecule has 1 aromatic heterocycles. The van der Waals surface area contributed by atoms with E-state index in [0.717, 1.165) is 18.5 Å². The largest absolute Gasteiger partial charge is 0.486 e. The van der Waals surface area contributed by atoms with E-state index in [1.54, 1.807) is 30.3 Å². The summed E-state index contributed by atoms with van der Waals surface area (Å²) in [7, 11) is 0. The number of aryl methyl sites for hydroxylation is 1. The molecule has 0 radical (unpaired) electrons. The van der Waals surface area contributed by atoms with E-state index in [9.17, 15) is 9.59 Å². The molecule has 2 atom stereocenters. The van der Waals surface area contributed by atoms with Gasteiger partial charge >= 0.3 is 0 Å². The van der Waals surface area contributed by atoms with Crippen LogP contribution in [0.5, 0.6) is 5.75 Å². The number of aromatic nitrogens is 2. The molecule has 1 saturated heterocycles. The second-order valence-electron chi connectivity index (χ2n) is 6.52. The molecule has 1 aliphatic heterocycles. The second kappa shape index (κ2) is 8.68. The van der Waals surface area contributed by atoms with E-state index in [1.165, 1.54) is 0 Å². The highest BCUT2D eigenvalue weighted by atomic mass is 16.5. The number of nitrogens with one attached hydrogen (secondary N) is 2. The van der Waals surface area contributed by atoms with E-state index < -0.39 is 5.91 Å². The molecule has 1 aliphatic rings. The minimum atomic E-state index is -0.492. The molecule has 2 heterocycles. The number of nitrogens with zero attached hydrogens (tertiary/aromatic N) is 1. The zero-order valence-electron chi connectivity index (χ0n) is 15.2. The number of H-pyrrole nitrogens is 1. The van der Waals surface area contributed by atoms with Gasteiger partial charge in [-0.25, -0.2) is 0 Å². The summed E-state index contributed by atoms with van der Waals surface area (Å²) in [6.07, 6.45) is 2.14. The summed E-state index contributed by atoms with van der Waals surface area (Å²) in [5.74, 6) is -0.146. The van der Waals surface area contributed by atoms with Crippen molar-refractivity contribution < 1.29 is 19.1 Å². The van der Waals surface area contributed by atoms with Crippen LogP contribution >= 0.6 is 0 Å². The number of hydrogen-bond acceptors (Lipinski definition) is 5. The lowest BCUT2D eigenvalue weighted by Crippen LogP contribution is -2.51. The summed E-state index contributed by atoms with van der Waals surface area (Å²) < 4.78 is 11.5. The van der Waals surface area contributed by atoms with Gasteiger partial charge in [0.2, 0.25) is 5.91 Å². The maximum atomic E-state index is 12.5. The third-order valence-corrected chi connectivity index (χ3v) is 4.43. The van der Waals surface area contributed by atoms with Gasteiger partial charge in [-0.1, -0.05) is 13.3 Å². The number of primary amides is 1. The highest BCUT2D eigenvalue weighted by Crippen LogP contribution is 2.19. The normalized spacial score (nSPS) is 19.4. The Balaban J connectivity index is 1.63. The maximum absolute atomic E-state index is 12.5. The number of hydrogen-bond donors (Lipinski definition) is 3. The SMILES string of the molecule is CCCc1cc(C(=O)N[C@@H]2CCOC[C@H]2Oc2ccc(C(N)=O)cc2)n[nH]1. The van der Waals surface area contributed by atoms with E-state index >= 15 is 0 Å². The standard InChI is InChI=1S/C19H24N4O4/c1-2-3-13-10-16(23-22-13)19(25)21-15-8-9-26-11-17(15)27-14-6-4-12(5-7-14)18(20)24/h4-7,10,15,17H,2-3,8-9,11H2,1H3,(H2,20,24)(H,21,25)(H,22,23)/t15-,17-/m1/s1. The summed E-state index contributed by atoms with van der Waals surface area (Å²) in [5.41, 5.74) is 6.97. The van der Waals surface area contributed by atoms with Gasteiger partial charge in [-0.05, 0) is 43.2 Å². The van der Waals surface area contributed by atoms with Gasteiger partial charge in [0.25, 0.3) is 5.91 Å². The van der Waals surface area contributed by atoms with Crippen LogP contribution in [0.4, 0.5) is 0 Å². The Kier molecular flexibility index (Phi) is 6.08. The zero-order valence-corrected chi connectivity index (χ0v) is 15.2. The third kappa shape index (κ3) is 4.85. The Labute approximate surface area is 157 Å². The number of amides is 2. The lowest BCUT2D eigenvalue weighted by Gasteiger charge is -2.32. The van der Waals surface area contributed by atoms with Gasteiger partial charge in [0.05, 0.1) is 12.6 Å². The molecule has 2 amide bonds. The minimum Gasteiger partial charge on any atom is -0.486 e. The number of benzene rings is 1. The van der Waals surface area contributed by atoms with Crippen molar-refractivity contribution in [3.63, 3.8) is 0 Å². The van der Waals surface area contributed by atoms with Crippen molar-refractivity contribution in [2.75, 3.05) is 13.2 Å². The Bertz CT molecular complexity index is 787. The van der Waals surface area contributed by atoms with Crippen molar-refractivity contribution in [2.24, 2.45) is 5.73 Å². The van der Waals surface area contributed by atoms with E-state index in [4.69, 9.17) is 15.2 Å². The molecule has 0 spiro atoms. The first-order valence-electron chi connectivity index (χ1n) is 9.06. The molecule has 0 unspecified atom stereocenters. The maximum Gasteiger partial charge on any atom is 0.272 e. The fraction of sp³-hybridized carbons (Fsp3) is 0.421. The van der Waals surface area contributed by atoms with Crippen LogP contribution in [-0.2, 0) is 11.2 Å². The van der Waals surface area contributed by atoms with E-state index in [1.807, 2.05) is 0 Å². The summed E-state index contributed by atoms with van der Waals surface area (Å²) in [4.78, 5) is 23.7. The van der Waals surface area contributed by atoms with E-state index in [2.05, 4.69) is 22.4 Å². The first-order chi connectivity index (χ1) is 13.1. The molecule has 0 saturated carbocycles. The quantitative estimate of drug-likeness (QED) is 0.679. The molecule has 0 aliphatic carbocycles. The number of carbonyl (C=O) groups excluding carboxylic acids is 2. The van der Waals surface area contributed by atoms with Gasteiger partial charge in [-0.15, -0.1) is 0 Å². The summed E-state index contributed by atoms with van der Waals surface area (Å²) in [6, 6.07) is 8.14. The number of aromatic amines is 1. The van der Waals surface area contributed by atoms with Crippen molar-refractivity contribution >= 4 is 11.8 Å². The molecular weight excluding hydrogens is 348 g/mol. The van der Waals surface area contributed by atoms with Gasteiger partial charge in [-0.2, -0.15) is 5.10 Å². The average Bonchev–Trinajstić information content (AvgIpc) is 3.13. The Hall–Kier alpha value is -2.87.